The van der Waals surface area contributed by atoms with E-state index in [9.17, 15) is 9.59 Å². The Balaban J connectivity index is 0.000000655. The van der Waals surface area contributed by atoms with E-state index in [4.69, 9.17) is 20.6 Å². The number of carboxylic acids is 1. The van der Waals surface area contributed by atoms with Crippen molar-refractivity contribution in [1.82, 2.24) is 24.5 Å². The predicted molar refractivity (Wildman–Crippen MR) is 143 cm³/mol. The van der Waals surface area contributed by atoms with E-state index in [-0.39, 0.29) is 11.2 Å². The van der Waals surface area contributed by atoms with Crippen molar-refractivity contribution in [2.45, 2.75) is 20.0 Å². The average molecular weight is 497 g/mol. The number of fused-ring (bicyclic) bond motifs is 3. The molecule has 0 radical (unpaired) electrons. The Morgan fingerprint density at radius 1 is 0.946 bits per heavy atom. The summed E-state index contributed by atoms with van der Waals surface area (Å²) >= 11 is 0. The first kappa shape index (κ1) is 23.8. The Kier molecular flexibility index (Phi) is 6.16. The van der Waals surface area contributed by atoms with Crippen LogP contribution in [0.15, 0.2) is 76.4 Å². The van der Waals surface area contributed by atoms with Crippen molar-refractivity contribution < 1.29 is 9.90 Å². The number of nitrogens with zero attached hydrogens (tertiary/aromatic N) is 2. The minimum atomic E-state index is -0.833. The van der Waals surface area contributed by atoms with Crippen LogP contribution in [0.2, 0.25) is 0 Å². The number of imidazole rings is 1. The maximum absolute atomic E-state index is 13.0. The highest BCUT2D eigenvalue weighted by atomic mass is 16.4. The summed E-state index contributed by atoms with van der Waals surface area (Å²) in [6, 6.07) is 19.7. The maximum atomic E-state index is 13.0. The molecule has 10 nitrogen and oxygen atoms in total. The van der Waals surface area contributed by atoms with Crippen LogP contribution in [0.3, 0.4) is 0 Å². The zero-order chi connectivity index (χ0) is 26.1. The number of nitrogens with two attached hydrogens (primary N) is 1. The van der Waals surface area contributed by atoms with Crippen LogP contribution in [-0.4, -0.2) is 35.6 Å². The van der Waals surface area contributed by atoms with Crippen molar-refractivity contribution in [1.29, 1.82) is 0 Å². The molecule has 0 atom stereocenters. The molecule has 6 aromatic rings. The number of aromatic nitrogens is 5. The molecule has 0 saturated carbocycles. The minimum Gasteiger partial charge on any atom is -0.481 e. The van der Waals surface area contributed by atoms with Gasteiger partial charge < -0.3 is 30.4 Å². The van der Waals surface area contributed by atoms with E-state index in [1.807, 2.05) is 42.6 Å². The van der Waals surface area contributed by atoms with Gasteiger partial charge in [0.15, 0.2) is 0 Å². The van der Waals surface area contributed by atoms with Gasteiger partial charge in [0.1, 0.15) is 5.69 Å². The van der Waals surface area contributed by atoms with E-state index in [1.165, 1.54) is 0 Å². The van der Waals surface area contributed by atoms with Gasteiger partial charge in [-0.3, -0.25) is 9.59 Å². The first-order chi connectivity index (χ1) is 17.8. The number of carboxylic acid groups (broad SMARTS) is 1. The fourth-order valence-electron chi connectivity index (χ4n) is 4.34. The summed E-state index contributed by atoms with van der Waals surface area (Å²) in [6.07, 6.45) is 1.97. The summed E-state index contributed by atoms with van der Waals surface area (Å²) in [6.45, 7) is 2.25. The molecule has 3 heterocycles. The Labute approximate surface area is 209 Å². The van der Waals surface area contributed by atoms with Gasteiger partial charge in [-0.15, -0.1) is 0 Å². The van der Waals surface area contributed by atoms with Gasteiger partial charge in [0.05, 0.1) is 22.1 Å². The van der Waals surface area contributed by atoms with Crippen LogP contribution in [0, 0.1) is 0 Å². The van der Waals surface area contributed by atoms with E-state index >= 15 is 0 Å². The molecule has 3 aromatic heterocycles. The Morgan fingerprint density at radius 3 is 2.30 bits per heavy atom. The Bertz CT molecular complexity index is 1870. The zero-order valence-corrected chi connectivity index (χ0v) is 19.9. The molecule has 0 fully saturated rings. The van der Waals surface area contributed by atoms with Crippen molar-refractivity contribution in [3.05, 3.63) is 98.8 Å². The molecule has 37 heavy (non-hydrogen) atoms. The van der Waals surface area contributed by atoms with Crippen LogP contribution < -0.4 is 17.0 Å². The molecule has 0 aliphatic carbocycles. The standard InChI is InChI=1S/C25H20N6O2.C2H4O2/c26-11-14-5-7-15(8-6-14)12-31-13-17(16-3-1-2-4-22(16)31)23-24(32)28-19-10-21-20(9-18(19)27-23)29-25(33)30-21;1-2(3)4/h1-10,13H,11-12,26H2,(H,28,32)(H2,29,30,33);1H3,(H,3,4). The van der Waals surface area contributed by atoms with Crippen LogP contribution in [0.4, 0.5) is 0 Å². The maximum Gasteiger partial charge on any atom is 0.323 e. The van der Waals surface area contributed by atoms with Gasteiger partial charge in [0.25, 0.3) is 11.5 Å². The Morgan fingerprint density at radius 2 is 1.59 bits per heavy atom. The van der Waals surface area contributed by atoms with Crippen molar-refractivity contribution in [3.8, 4) is 11.3 Å². The van der Waals surface area contributed by atoms with Gasteiger partial charge in [0.2, 0.25) is 0 Å². The molecule has 186 valence electrons. The summed E-state index contributed by atoms with van der Waals surface area (Å²) in [5, 5.41) is 8.37. The number of aliphatic carboxylic acids is 1. The topological polar surface area (TPSA) is 163 Å². The molecule has 6 rings (SSSR count). The Hall–Kier alpha value is -4.96. The molecule has 3 aromatic carbocycles. The quantitative estimate of drug-likeness (QED) is 0.251. The summed E-state index contributed by atoms with van der Waals surface area (Å²) in [7, 11) is 0. The van der Waals surface area contributed by atoms with Gasteiger partial charge in [0, 0.05) is 42.7 Å². The predicted octanol–water partition coefficient (Wildman–Crippen LogP) is 3.31. The smallest absolute Gasteiger partial charge is 0.323 e. The van der Waals surface area contributed by atoms with Gasteiger partial charge in [-0.25, -0.2) is 9.78 Å². The minimum absolute atomic E-state index is 0.282. The number of para-hydroxylation sites is 1. The molecule has 0 aliphatic heterocycles. The summed E-state index contributed by atoms with van der Waals surface area (Å²) in [5.41, 5.74) is 11.9. The fraction of sp³-hybridized carbons (Fsp3) is 0.111. The van der Waals surface area contributed by atoms with Crippen molar-refractivity contribution in [2.75, 3.05) is 0 Å². The van der Waals surface area contributed by atoms with E-state index in [2.05, 4.69) is 31.7 Å². The third-order valence-corrected chi connectivity index (χ3v) is 5.98. The summed E-state index contributed by atoms with van der Waals surface area (Å²) in [4.78, 5) is 46.7. The SMILES string of the molecule is CC(=O)O.NCc1ccc(Cn2cc(-c3nc4cc5[nH]c(=O)[nH]c5cc4[nH]c3=O)c3ccccc32)cc1. The second kappa shape index (κ2) is 9.59. The molecule has 0 spiro atoms. The van der Waals surface area contributed by atoms with E-state index in [1.54, 1.807) is 12.1 Å². The fourth-order valence-corrected chi connectivity index (χ4v) is 4.34. The van der Waals surface area contributed by atoms with E-state index < -0.39 is 5.97 Å². The highest BCUT2D eigenvalue weighted by Crippen LogP contribution is 2.29. The van der Waals surface area contributed by atoms with Gasteiger partial charge in [-0.2, -0.15) is 0 Å². The number of nitrogens with one attached hydrogen (secondary N) is 3. The lowest BCUT2D eigenvalue weighted by atomic mass is 10.1. The molecule has 0 amide bonds. The van der Waals surface area contributed by atoms with Gasteiger partial charge >= 0.3 is 5.69 Å². The monoisotopic (exact) mass is 496 g/mol. The van der Waals surface area contributed by atoms with Crippen LogP contribution >= 0.6 is 0 Å². The molecule has 6 N–H and O–H groups in total. The summed E-state index contributed by atoms with van der Waals surface area (Å²) < 4.78 is 2.13. The van der Waals surface area contributed by atoms with Crippen LogP contribution in [0.1, 0.15) is 18.1 Å². The van der Waals surface area contributed by atoms with Crippen molar-refractivity contribution in [3.63, 3.8) is 0 Å². The normalized spacial score (nSPS) is 11.1. The molecule has 0 unspecified atom stereocenters. The summed E-state index contributed by atoms with van der Waals surface area (Å²) in [5.74, 6) is -0.833. The molecule has 0 aliphatic rings. The van der Waals surface area contributed by atoms with Gasteiger partial charge in [-0.05, 0) is 29.3 Å². The average Bonchev–Trinajstić information content (AvgIpc) is 3.41. The zero-order valence-electron chi connectivity index (χ0n) is 19.9. The number of benzene rings is 3. The first-order valence-corrected chi connectivity index (χ1v) is 11.5. The number of rotatable bonds is 4. The number of hydrogen-bond donors (Lipinski definition) is 5. The number of carbonyl (C=O) groups is 1. The highest BCUT2D eigenvalue weighted by molar-refractivity contribution is 5.97. The van der Waals surface area contributed by atoms with E-state index in [0.29, 0.717) is 40.9 Å². The lowest BCUT2D eigenvalue weighted by molar-refractivity contribution is -0.134. The second-order valence-electron chi connectivity index (χ2n) is 8.64. The third kappa shape index (κ3) is 4.78. The third-order valence-electron chi connectivity index (χ3n) is 5.98. The van der Waals surface area contributed by atoms with Crippen molar-refractivity contribution >= 4 is 38.9 Å². The van der Waals surface area contributed by atoms with Crippen LogP contribution in [0.5, 0.6) is 0 Å². The van der Waals surface area contributed by atoms with E-state index in [0.717, 1.165) is 34.5 Å². The molecular formula is C27H24N6O4. The van der Waals surface area contributed by atoms with Gasteiger partial charge in [-0.1, -0.05) is 42.5 Å². The molecule has 0 saturated heterocycles. The first-order valence-electron chi connectivity index (χ1n) is 11.5. The van der Waals surface area contributed by atoms with Crippen molar-refractivity contribution in [2.24, 2.45) is 5.73 Å². The lowest BCUT2D eigenvalue weighted by Gasteiger charge is -2.06. The molecule has 10 heteroatoms. The second-order valence-corrected chi connectivity index (χ2v) is 8.64. The number of H-pyrrole nitrogens is 3. The number of aromatic amines is 3. The number of hydrogen-bond acceptors (Lipinski definition) is 5. The van der Waals surface area contributed by atoms with Crippen LogP contribution in [0.25, 0.3) is 44.2 Å². The highest BCUT2D eigenvalue weighted by Gasteiger charge is 2.16. The largest absolute Gasteiger partial charge is 0.481 e. The molecule has 0 bridgehead atoms. The van der Waals surface area contributed by atoms with Crippen LogP contribution in [-0.2, 0) is 17.9 Å². The lowest BCUT2D eigenvalue weighted by Crippen LogP contribution is -2.11. The molecular weight excluding hydrogens is 472 g/mol.